The summed E-state index contributed by atoms with van der Waals surface area (Å²) in [6.45, 7) is 3.16. The van der Waals surface area contributed by atoms with Crippen molar-refractivity contribution in [2.24, 2.45) is 5.92 Å². The van der Waals surface area contributed by atoms with Crippen LogP contribution in [0.15, 0.2) is 18.2 Å². The molecule has 0 saturated heterocycles. The van der Waals surface area contributed by atoms with E-state index >= 15 is 0 Å². The Morgan fingerprint density at radius 1 is 0.821 bits per heavy atom. The van der Waals surface area contributed by atoms with Crippen molar-refractivity contribution in [3.63, 3.8) is 0 Å². The molecule has 150 valence electrons. The van der Waals surface area contributed by atoms with Crippen molar-refractivity contribution in [3.8, 4) is 34.5 Å². The van der Waals surface area contributed by atoms with Gasteiger partial charge < -0.3 is 29.5 Å². The van der Waals surface area contributed by atoms with Gasteiger partial charge in [-0.3, -0.25) is 9.59 Å². The summed E-state index contributed by atoms with van der Waals surface area (Å²) in [5, 5.41) is 30.7. The standard InChI is InChI=1S/C20H22O8/c1-9(2)17(23)15-11(21)8-12(22)16(19(15)25)18(24)10-6-13(26-3)20(28-5)14(7-10)27-4/h6-9,21-22,25H,1-5H3. The second kappa shape index (κ2) is 8.08. The highest BCUT2D eigenvalue weighted by Crippen LogP contribution is 2.42. The van der Waals surface area contributed by atoms with Crippen molar-refractivity contribution in [2.75, 3.05) is 21.3 Å². The Kier molecular flexibility index (Phi) is 6.03. The van der Waals surface area contributed by atoms with Crippen LogP contribution in [0.2, 0.25) is 0 Å². The minimum atomic E-state index is -0.799. The highest BCUT2D eigenvalue weighted by Gasteiger charge is 2.29. The van der Waals surface area contributed by atoms with Gasteiger partial charge in [0.25, 0.3) is 0 Å². The van der Waals surface area contributed by atoms with E-state index in [1.54, 1.807) is 13.8 Å². The Morgan fingerprint density at radius 3 is 1.75 bits per heavy atom. The number of hydrogen-bond acceptors (Lipinski definition) is 8. The van der Waals surface area contributed by atoms with Gasteiger partial charge in [0.1, 0.15) is 28.4 Å². The van der Waals surface area contributed by atoms with E-state index in [-0.39, 0.29) is 22.8 Å². The van der Waals surface area contributed by atoms with Crippen LogP contribution in [0.4, 0.5) is 0 Å². The summed E-state index contributed by atoms with van der Waals surface area (Å²) in [6, 6.07) is 3.54. The van der Waals surface area contributed by atoms with Crippen molar-refractivity contribution in [1.29, 1.82) is 0 Å². The van der Waals surface area contributed by atoms with Crippen molar-refractivity contribution >= 4 is 11.6 Å². The average Bonchev–Trinajstić information content (AvgIpc) is 2.65. The van der Waals surface area contributed by atoms with Gasteiger partial charge in [0.15, 0.2) is 17.3 Å². The highest BCUT2D eigenvalue weighted by molar-refractivity contribution is 6.16. The van der Waals surface area contributed by atoms with Crippen molar-refractivity contribution in [1.82, 2.24) is 0 Å². The first-order valence-corrected chi connectivity index (χ1v) is 8.34. The quantitative estimate of drug-likeness (QED) is 0.617. The molecule has 0 fully saturated rings. The van der Waals surface area contributed by atoms with Crippen LogP contribution in [0, 0.1) is 5.92 Å². The van der Waals surface area contributed by atoms with E-state index < -0.39 is 45.9 Å². The lowest BCUT2D eigenvalue weighted by molar-refractivity contribution is 0.0933. The maximum Gasteiger partial charge on any atom is 0.203 e. The zero-order valence-corrected chi connectivity index (χ0v) is 16.2. The number of ether oxygens (including phenoxy) is 3. The molecule has 0 spiro atoms. The maximum absolute atomic E-state index is 13.0. The van der Waals surface area contributed by atoms with Crippen LogP contribution in [0.1, 0.15) is 40.1 Å². The second-order valence-corrected chi connectivity index (χ2v) is 6.28. The molecule has 0 amide bonds. The number of Topliss-reactive ketones (excluding diaryl/α,β-unsaturated/α-hetero) is 1. The molecule has 0 aliphatic carbocycles. The molecule has 8 nitrogen and oxygen atoms in total. The SMILES string of the molecule is COc1cc(C(=O)c2c(O)cc(O)c(C(=O)C(C)C)c2O)cc(OC)c1OC. The molecule has 0 heterocycles. The Bertz CT molecular complexity index is 905. The Hall–Kier alpha value is -3.42. The zero-order valence-electron chi connectivity index (χ0n) is 16.2. The number of aromatic hydroxyl groups is 3. The van der Waals surface area contributed by atoms with Gasteiger partial charge in [-0.25, -0.2) is 0 Å². The molecule has 0 bridgehead atoms. The molecule has 0 aliphatic rings. The Labute approximate surface area is 161 Å². The molecule has 0 aliphatic heterocycles. The van der Waals surface area contributed by atoms with Gasteiger partial charge in [-0.05, 0) is 12.1 Å². The van der Waals surface area contributed by atoms with Crippen LogP contribution in [0.5, 0.6) is 34.5 Å². The highest BCUT2D eigenvalue weighted by atomic mass is 16.5. The summed E-state index contributed by atoms with van der Waals surface area (Å²) in [7, 11) is 4.16. The number of methoxy groups -OCH3 is 3. The van der Waals surface area contributed by atoms with Gasteiger partial charge in [0.2, 0.25) is 11.5 Å². The monoisotopic (exact) mass is 390 g/mol. The van der Waals surface area contributed by atoms with Crippen molar-refractivity contribution in [3.05, 3.63) is 34.9 Å². The summed E-state index contributed by atoms with van der Waals surface area (Å²) in [6.07, 6.45) is 0. The summed E-state index contributed by atoms with van der Waals surface area (Å²) in [4.78, 5) is 25.3. The van der Waals surface area contributed by atoms with Gasteiger partial charge in [0.05, 0.1) is 21.3 Å². The number of phenolic OH excluding ortho intramolecular Hbond substituents is 3. The van der Waals surface area contributed by atoms with Crippen LogP contribution in [0.3, 0.4) is 0 Å². The normalized spacial score (nSPS) is 10.6. The van der Waals surface area contributed by atoms with E-state index in [4.69, 9.17) is 14.2 Å². The summed E-state index contributed by atoms with van der Waals surface area (Å²) in [5.41, 5.74) is -0.937. The number of rotatable bonds is 7. The minimum Gasteiger partial charge on any atom is -0.507 e. The summed E-state index contributed by atoms with van der Waals surface area (Å²) in [5.74, 6) is -3.36. The molecule has 2 rings (SSSR count). The Balaban J connectivity index is 2.71. The second-order valence-electron chi connectivity index (χ2n) is 6.28. The fourth-order valence-electron chi connectivity index (χ4n) is 2.75. The molecule has 0 saturated carbocycles. The number of carbonyl (C=O) groups is 2. The number of ketones is 2. The number of carbonyl (C=O) groups excluding carboxylic acids is 2. The van der Waals surface area contributed by atoms with Crippen molar-refractivity contribution in [2.45, 2.75) is 13.8 Å². The lowest BCUT2D eigenvalue weighted by atomic mass is 9.93. The predicted molar refractivity (Wildman–Crippen MR) is 100 cm³/mol. The van der Waals surface area contributed by atoms with E-state index in [0.717, 1.165) is 6.07 Å². The van der Waals surface area contributed by atoms with E-state index in [9.17, 15) is 24.9 Å². The maximum atomic E-state index is 13.0. The topological polar surface area (TPSA) is 123 Å². The third kappa shape index (κ3) is 3.53. The molecule has 0 atom stereocenters. The number of hydrogen-bond donors (Lipinski definition) is 3. The first-order valence-electron chi connectivity index (χ1n) is 8.34. The molecule has 28 heavy (non-hydrogen) atoms. The van der Waals surface area contributed by atoms with Gasteiger partial charge in [-0.2, -0.15) is 0 Å². The molecule has 0 unspecified atom stereocenters. The molecule has 0 aromatic heterocycles. The molecule has 0 radical (unpaired) electrons. The molecular weight excluding hydrogens is 368 g/mol. The first-order chi connectivity index (χ1) is 13.2. The fourth-order valence-corrected chi connectivity index (χ4v) is 2.75. The van der Waals surface area contributed by atoms with Gasteiger partial charge in [-0.1, -0.05) is 13.8 Å². The third-order valence-electron chi connectivity index (χ3n) is 4.18. The smallest absolute Gasteiger partial charge is 0.203 e. The molecule has 2 aromatic carbocycles. The lowest BCUT2D eigenvalue weighted by Crippen LogP contribution is -2.11. The largest absolute Gasteiger partial charge is 0.507 e. The van der Waals surface area contributed by atoms with Crippen LogP contribution >= 0.6 is 0 Å². The van der Waals surface area contributed by atoms with Crippen LogP contribution < -0.4 is 14.2 Å². The van der Waals surface area contributed by atoms with Crippen LogP contribution in [0.25, 0.3) is 0 Å². The van der Waals surface area contributed by atoms with E-state index in [1.165, 1.54) is 33.5 Å². The van der Waals surface area contributed by atoms with Crippen LogP contribution in [-0.2, 0) is 0 Å². The van der Waals surface area contributed by atoms with E-state index in [2.05, 4.69) is 0 Å². The Morgan fingerprint density at radius 2 is 1.32 bits per heavy atom. The molecule has 3 N–H and O–H groups in total. The minimum absolute atomic E-state index is 0.00809. The third-order valence-corrected chi connectivity index (χ3v) is 4.18. The summed E-state index contributed by atoms with van der Waals surface area (Å²) < 4.78 is 15.6. The number of phenols is 3. The first kappa shape index (κ1) is 20.9. The average molecular weight is 390 g/mol. The fraction of sp³-hybridized carbons (Fsp3) is 0.300. The summed E-state index contributed by atoms with van der Waals surface area (Å²) >= 11 is 0. The van der Waals surface area contributed by atoms with Crippen LogP contribution in [-0.4, -0.2) is 48.2 Å². The predicted octanol–water partition coefficient (Wildman–Crippen LogP) is 2.90. The molecular formula is C20H22O8. The van der Waals surface area contributed by atoms with Crippen molar-refractivity contribution < 1.29 is 39.1 Å². The lowest BCUT2D eigenvalue weighted by Gasteiger charge is -2.16. The van der Waals surface area contributed by atoms with E-state index in [1.807, 2.05) is 0 Å². The number of benzene rings is 2. The van der Waals surface area contributed by atoms with Gasteiger partial charge >= 0.3 is 0 Å². The van der Waals surface area contributed by atoms with E-state index in [0.29, 0.717) is 0 Å². The molecule has 8 heteroatoms. The van der Waals surface area contributed by atoms with Gasteiger partial charge in [-0.15, -0.1) is 0 Å². The molecule has 2 aromatic rings. The van der Waals surface area contributed by atoms with Gasteiger partial charge in [0, 0.05) is 17.5 Å². The zero-order chi connectivity index (χ0) is 21.2.